The quantitative estimate of drug-likeness (QED) is 0.682. The third-order valence-corrected chi connectivity index (χ3v) is 3.29. The van der Waals surface area contributed by atoms with E-state index in [1.54, 1.807) is 23.2 Å². The van der Waals surface area contributed by atoms with Gasteiger partial charge in [0.15, 0.2) is 5.72 Å². The molecule has 0 aliphatic carbocycles. The highest BCUT2D eigenvalue weighted by Gasteiger charge is 2.50. The predicted octanol–water partition coefficient (Wildman–Crippen LogP) is 0.866. The number of pyridine rings is 1. The molecule has 0 bridgehead atoms. The van der Waals surface area contributed by atoms with Gasteiger partial charge >= 0.3 is 0 Å². The number of fused-ring (bicyclic) bond motifs is 3. The standard InChI is InChI=1S/C11H12N2O2/c14-10-9-8(4-3-6-12-9)11(15)5-1-2-7-13(10)11/h3-4,6,15H,1-2,5,7H2. The summed E-state index contributed by atoms with van der Waals surface area (Å²) in [5, 5.41) is 10.5. The summed E-state index contributed by atoms with van der Waals surface area (Å²) in [4.78, 5) is 17.5. The third kappa shape index (κ3) is 0.997. The van der Waals surface area contributed by atoms with E-state index in [0.29, 0.717) is 24.2 Å². The molecule has 0 saturated carbocycles. The Morgan fingerprint density at radius 3 is 3.20 bits per heavy atom. The summed E-state index contributed by atoms with van der Waals surface area (Å²) in [7, 11) is 0. The average Bonchev–Trinajstić information content (AvgIpc) is 2.50. The van der Waals surface area contributed by atoms with Gasteiger partial charge in [0.05, 0.1) is 0 Å². The summed E-state index contributed by atoms with van der Waals surface area (Å²) in [6.45, 7) is 0.631. The molecule has 1 saturated heterocycles. The van der Waals surface area contributed by atoms with Gasteiger partial charge in [-0.2, -0.15) is 0 Å². The topological polar surface area (TPSA) is 53.4 Å². The first-order chi connectivity index (χ1) is 7.23. The Hall–Kier alpha value is -1.42. The van der Waals surface area contributed by atoms with Crippen molar-refractivity contribution in [3.8, 4) is 0 Å². The van der Waals surface area contributed by atoms with Crippen LogP contribution in [0.2, 0.25) is 0 Å². The lowest BCUT2D eigenvalue weighted by molar-refractivity contribution is -0.106. The molecular weight excluding hydrogens is 192 g/mol. The first-order valence-corrected chi connectivity index (χ1v) is 5.23. The van der Waals surface area contributed by atoms with Gasteiger partial charge in [-0.15, -0.1) is 0 Å². The lowest BCUT2D eigenvalue weighted by atomic mass is 9.95. The van der Waals surface area contributed by atoms with Crippen LogP contribution in [0.25, 0.3) is 0 Å². The van der Waals surface area contributed by atoms with E-state index in [4.69, 9.17) is 0 Å². The highest BCUT2D eigenvalue weighted by atomic mass is 16.3. The SMILES string of the molecule is O=C1c2ncccc2C2(O)CCCCN12. The molecule has 1 aromatic heterocycles. The minimum absolute atomic E-state index is 0.132. The number of hydrogen-bond donors (Lipinski definition) is 1. The minimum Gasteiger partial charge on any atom is -0.367 e. The van der Waals surface area contributed by atoms with Crippen LogP contribution in [-0.4, -0.2) is 27.4 Å². The summed E-state index contributed by atoms with van der Waals surface area (Å²) in [6.07, 6.45) is 4.13. The fraction of sp³-hybridized carbons (Fsp3) is 0.455. The van der Waals surface area contributed by atoms with Gasteiger partial charge in [-0.3, -0.25) is 9.78 Å². The molecule has 1 aromatic rings. The maximum Gasteiger partial charge on any atom is 0.275 e. The van der Waals surface area contributed by atoms with E-state index in [1.165, 1.54) is 0 Å². The molecule has 4 nitrogen and oxygen atoms in total. The van der Waals surface area contributed by atoms with Gasteiger partial charge in [-0.05, 0) is 25.3 Å². The van der Waals surface area contributed by atoms with Gasteiger partial charge in [-0.1, -0.05) is 6.07 Å². The monoisotopic (exact) mass is 204 g/mol. The van der Waals surface area contributed by atoms with Crippen LogP contribution in [0, 0.1) is 0 Å². The van der Waals surface area contributed by atoms with E-state index in [-0.39, 0.29) is 5.91 Å². The molecule has 15 heavy (non-hydrogen) atoms. The first kappa shape index (κ1) is 8.85. The number of amides is 1. The number of carbonyl (C=O) groups excluding carboxylic acids is 1. The number of hydrogen-bond acceptors (Lipinski definition) is 3. The van der Waals surface area contributed by atoms with Crippen LogP contribution in [0.5, 0.6) is 0 Å². The van der Waals surface area contributed by atoms with E-state index < -0.39 is 5.72 Å². The molecule has 1 amide bonds. The van der Waals surface area contributed by atoms with Crippen molar-refractivity contribution in [2.45, 2.75) is 25.0 Å². The molecule has 3 rings (SSSR count). The van der Waals surface area contributed by atoms with Gasteiger partial charge in [-0.25, -0.2) is 0 Å². The average molecular weight is 204 g/mol. The number of aromatic nitrogens is 1. The smallest absolute Gasteiger partial charge is 0.275 e. The van der Waals surface area contributed by atoms with Crippen LogP contribution in [-0.2, 0) is 5.72 Å². The summed E-state index contributed by atoms with van der Waals surface area (Å²) in [5.41, 5.74) is 0.00968. The van der Waals surface area contributed by atoms with Crippen LogP contribution < -0.4 is 0 Å². The Balaban J connectivity index is 2.20. The van der Waals surface area contributed by atoms with Crippen molar-refractivity contribution >= 4 is 5.91 Å². The van der Waals surface area contributed by atoms with Crippen molar-refractivity contribution in [2.24, 2.45) is 0 Å². The summed E-state index contributed by atoms with van der Waals surface area (Å²) >= 11 is 0. The summed E-state index contributed by atoms with van der Waals surface area (Å²) in [6, 6.07) is 3.56. The number of rotatable bonds is 0. The molecule has 2 aliphatic heterocycles. The molecule has 78 valence electrons. The maximum absolute atomic E-state index is 11.9. The van der Waals surface area contributed by atoms with Crippen molar-refractivity contribution in [1.82, 2.24) is 9.88 Å². The van der Waals surface area contributed by atoms with Gasteiger partial charge < -0.3 is 10.0 Å². The Kier molecular flexibility index (Phi) is 1.65. The lowest BCUT2D eigenvalue weighted by Gasteiger charge is -2.37. The third-order valence-electron chi connectivity index (χ3n) is 3.29. The maximum atomic E-state index is 11.9. The van der Waals surface area contributed by atoms with Gasteiger partial charge in [0.1, 0.15) is 5.69 Å². The highest BCUT2D eigenvalue weighted by molar-refractivity contribution is 5.97. The molecule has 1 fully saturated rings. The molecule has 1 N–H and O–H groups in total. The zero-order chi connectivity index (χ0) is 10.5. The highest BCUT2D eigenvalue weighted by Crippen LogP contribution is 2.42. The lowest BCUT2D eigenvalue weighted by Crippen LogP contribution is -2.46. The zero-order valence-electron chi connectivity index (χ0n) is 8.31. The van der Waals surface area contributed by atoms with E-state index in [9.17, 15) is 9.90 Å². The summed E-state index contributed by atoms with van der Waals surface area (Å²) in [5.74, 6) is -0.132. The van der Waals surface area contributed by atoms with E-state index >= 15 is 0 Å². The molecule has 2 aliphatic rings. The molecule has 0 aromatic carbocycles. The van der Waals surface area contributed by atoms with E-state index in [1.807, 2.05) is 0 Å². The molecule has 1 unspecified atom stereocenters. The largest absolute Gasteiger partial charge is 0.367 e. The van der Waals surface area contributed by atoms with E-state index in [0.717, 1.165) is 12.8 Å². The van der Waals surface area contributed by atoms with Crippen LogP contribution in [0.3, 0.4) is 0 Å². The van der Waals surface area contributed by atoms with Crippen molar-refractivity contribution in [3.05, 3.63) is 29.6 Å². The molecule has 0 radical (unpaired) electrons. The molecule has 4 heteroatoms. The number of piperidine rings is 1. The minimum atomic E-state index is -1.08. The second kappa shape index (κ2) is 2.79. The van der Waals surface area contributed by atoms with E-state index in [2.05, 4.69) is 4.98 Å². The van der Waals surface area contributed by atoms with Crippen molar-refractivity contribution in [2.75, 3.05) is 6.54 Å². The van der Waals surface area contributed by atoms with Crippen LogP contribution >= 0.6 is 0 Å². The normalized spacial score (nSPS) is 28.9. The molecule has 0 spiro atoms. The Morgan fingerprint density at radius 1 is 1.47 bits per heavy atom. The van der Waals surface area contributed by atoms with Crippen molar-refractivity contribution in [3.63, 3.8) is 0 Å². The molecular formula is C11H12N2O2. The molecule has 1 atom stereocenters. The number of nitrogens with zero attached hydrogens (tertiary/aromatic N) is 2. The predicted molar refractivity (Wildman–Crippen MR) is 53.0 cm³/mol. The fourth-order valence-corrected chi connectivity index (χ4v) is 2.54. The number of aliphatic hydroxyl groups is 1. The first-order valence-electron chi connectivity index (χ1n) is 5.23. The fourth-order valence-electron chi connectivity index (χ4n) is 2.54. The second-order valence-corrected chi connectivity index (χ2v) is 4.13. The van der Waals surface area contributed by atoms with Crippen molar-refractivity contribution < 1.29 is 9.90 Å². The van der Waals surface area contributed by atoms with Crippen LogP contribution in [0.4, 0.5) is 0 Å². The van der Waals surface area contributed by atoms with Gasteiger partial charge in [0.25, 0.3) is 5.91 Å². The van der Waals surface area contributed by atoms with Gasteiger partial charge in [0.2, 0.25) is 0 Å². The Labute approximate surface area is 87.5 Å². The Bertz CT molecular complexity index is 432. The van der Waals surface area contributed by atoms with Crippen LogP contribution in [0.15, 0.2) is 18.3 Å². The second-order valence-electron chi connectivity index (χ2n) is 4.13. The summed E-state index contributed by atoms with van der Waals surface area (Å²) < 4.78 is 0. The Morgan fingerprint density at radius 2 is 2.33 bits per heavy atom. The zero-order valence-corrected chi connectivity index (χ0v) is 8.31. The van der Waals surface area contributed by atoms with Gasteiger partial charge in [0, 0.05) is 18.3 Å². The van der Waals surface area contributed by atoms with Crippen LogP contribution in [0.1, 0.15) is 35.3 Å². The number of carbonyl (C=O) groups is 1. The molecule has 3 heterocycles. The van der Waals surface area contributed by atoms with Crippen molar-refractivity contribution in [1.29, 1.82) is 0 Å².